The monoisotopic (exact) mass is 305 g/mol. The van der Waals surface area contributed by atoms with Crippen LogP contribution in [0.1, 0.15) is 30.1 Å². The number of hydrogen-bond donors (Lipinski definition) is 0. The molecule has 2 aromatic heterocycles. The molecule has 2 fully saturated rings. The van der Waals surface area contributed by atoms with Crippen molar-refractivity contribution in [2.45, 2.75) is 24.9 Å². The Balaban J connectivity index is 1.53. The second-order valence-corrected chi connectivity index (χ2v) is 6.17. The van der Waals surface area contributed by atoms with E-state index in [1.54, 1.807) is 6.20 Å². The summed E-state index contributed by atoms with van der Waals surface area (Å²) in [4.78, 5) is 13.8. The average Bonchev–Trinajstić information content (AvgIpc) is 3.05. The Morgan fingerprint density at radius 3 is 2.78 bits per heavy atom. The molecule has 2 aliphatic rings. The third-order valence-electron chi connectivity index (χ3n) is 4.94. The Morgan fingerprint density at radius 1 is 1.04 bits per heavy atom. The smallest absolute Gasteiger partial charge is 0.146 e. The third-order valence-corrected chi connectivity index (χ3v) is 4.94. The van der Waals surface area contributed by atoms with E-state index in [2.05, 4.69) is 38.0 Å². The molecule has 0 aliphatic carbocycles. The predicted molar refractivity (Wildman–Crippen MR) is 87.9 cm³/mol. The Labute approximate surface area is 136 Å². The first-order valence-corrected chi connectivity index (χ1v) is 8.13. The highest BCUT2D eigenvalue weighted by Crippen LogP contribution is 2.37. The summed E-state index contributed by atoms with van der Waals surface area (Å²) in [5.74, 6) is 0.830. The van der Waals surface area contributed by atoms with Crippen LogP contribution in [0.25, 0.3) is 0 Å². The van der Waals surface area contributed by atoms with Crippen LogP contribution in [-0.2, 0) is 0 Å². The van der Waals surface area contributed by atoms with Crippen LogP contribution < -0.4 is 4.90 Å². The van der Waals surface area contributed by atoms with Crippen molar-refractivity contribution in [2.24, 2.45) is 0 Å². The number of nitriles is 1. The molecule has 4 heterocycles. The maximum absolute atomic E-state index is 9.29. The third kappa shape index (κ3) is 2.55. The Bertz CT molecular complexity index is 724. The summed E-state index contributed by atoms with van der Waals surface area (Å²) in [5, 5.41) is 9.29. The molecule has 0 saturated carbocycles. The van der Waals surface area contributed by atoms with Gasteiger partial charge in [-0.15, -0.1) is 0 Å². The quantitative estimate of drug-likeness (QED) is 0.852. The number of hydrogen-bond acceptors (Lipinski definition) is 5. The largest absolute Gasteiger partial charge is 0.353 e. The zero-order valence-electron chi connectivity index (χ0n) is 13.0. The molecule has 0 N–H and O–H groups in total. The number of aromatic nitrogens is 2. The van der Waals surface area contributed by atoms with E-state index in [1.165, 1.54) is 12.1 Å². The van der Waals surface area contributed by atoms with Crippen LogP contribution in [0.2, 0.25) is 0 Å². The van der Waals surface area contributed by atoms with Gasteiger partial charge in [0.15, 0.2) is 0 Å². The van der Waals surface area contributed by atoms with E-state index < -0.39 is 0 Å². The lowest BCUT2D eigenvalue weighted by atomic mass is 10.1. The molecule has 2 aromatic rings. The summed E-state index contributed by atoms with van der Waals surface area (Å²) >= 11 is 0. The van der Waals surface area contributed by atoms with Gasteiger partial charge in [0.25, 0.3) is 0 Å². The molecule has 116 valence electrons. The van der Waals surface area contributed by atoms with Crippen molar-refractivity contribution in [3.8, 4) is 6.07 Å². The SMILES string of the molecule is N#Cc1cccnc1N1CCN2C(c3ccccn3)CC[C@H]2C1. The highest BCUT2D eigenvalue weighted by atomic mass is 15.3. The van der Waals surface area contributed by atoms with Gasteiger partial charge in [-0.1, -0.05) is 6.07 Å². The van der Waals surface area contributed by atoms with Gasteiger partial charge in [0.2, 0.25) is 0 Å². The molecule has 4 rings (SSSR count). The fraction of sp³-hybridized carbons (Fsp3) is 0.389. The Hall–Kier alpha value is -2.45. The summed E-state index contributed by atoms with van der Waals surface area (Å²) in [6.45, 7) is 2.84. The molecular formula is C18H19N5. The zero-order valence-corrected chi connectivity index (χ0v) is 13.0. The van der Waals surface area contributed by atoms with E-state index in [4.69, 9.17) is 0 Å². The van der Waals surface area contributed by atoms with Gasteiger partial charge >= 0.3 is 0 Å². The number of pyridine rings is 2. The lowest BCUT2D eigenvalue weighted by Crippen LogP contribution is -2.51. The first kappa shape index (κ1) is 14.2. The number of rotatable bonds is 2. The van der Waals surface area contributed by atoms with E-state index >= 15 is 0 Å². The van der Waals surface area contributed by atoms with Gasteiger partial charge in [-0.2, -0.15) is 5.26 Å². The van der Waals surface area contributed by atoms with Crippen molar-refractivity contribution in [3.05, 3.63) is 54.0 Å². The van der Waals surface area contributed by atoms with Crippen LogP contribution in [0.4, 0.5) is 5.82 Å². The molecular weight excluding hydrogens is 286 g/mol. The minimum Gasteiger partial charge on any atom is -0.353 e. The van der Waals surface area contributed by atoms with Crippen molar-refractivity contribution >= 4 is 5.82 Å². The molecule has 23 heavy (non-hydrogen) atoms. The van der Waals surface area contributed by atoms with Gasteiger partial charge in [0, 0.05) is 38.1 Å². The standard InChI is InChI=1S/C18H19N5/c19-12-14-4-3-9-21-18(14)22-10-11-23-15(13-22)6-7-17(23)16-5-1-2-8-20-16/h1-5,8-9,15,17H,6-7,10-11,13H2/t15-,17?/m0/s1. The summed E-state index contributed by atoms with van der Waals surface area (Å²) in [6.07, 6.45) is 5.98. The molecule has 0 radical (unpaired) electrons. The van der Waals surface area contributed by atoms with Crippen molar-refractivity contribution < 1.29 is 0 Å². The average molecular weight is 305 g/mol. The van der Waals surface area contributed by atoms with Gasteiger partial charge in [-0.25, -0.2) is 4.98 Å². The van der Waals surface area contributed by atoms with Gasteiger partial charge in [0.1, 0.15) is 11.9 Å². The molecule has 5 heteroatoms. The Kier molecular flexibility index (Phi) is 3.68. The first-order chi connectivity index (χ1) is 11.4. The fourth-order valence-corrected chi connectivity index (χ4v) is 3.87. The van der Waals surface area contributed by atoms with E-state index in [1.807, 2.05) is 24.4 Å². The van der Waals surface area contributed by atoms with Gasteiger partial charge < -0.3 is 4.90 Å². The normalized spacial score (nSPS) is 24.2. The second-order valence-electron chi connectivity index (χ2n) is 6.17. The minimum atomic E-state index is 0.433. The van der Waals surface area contributed by atoms with E-state index in [0.717, 1.165) is 31.9 Å². The van der Waals surface area contributed by atoms with E-state index in [9.17, 15) is 5.26 Å². The summed E-state index contributed by atoms with van der Waals surface area (Å²) in [5.41, 5.74) is 1.85. The van der Waals surface area contributed by atoms with Crippen LogP contribution in [0.3, 0.4) is 0 Å². The lowest BCUT2D eigenvalue weighted by molar-refractivity contribution is 0.173. The number of nitrogens with zero attached hydrogens (tertiary/aromatic N) is 5. The molecule has 0 spiro atoms. The van der Waals surface area contributed by atoms with Crippen molar-refractivity contribution in [1.82, 2.24) is 14.9 Å². The number of anilines is 1. The molecule has 2 aliphatic heterocycles. The van der Waals surface area contributed by atoms with Crippen LogP contribution in [-0.4, -0.2) is 40.5 Å². The van der Waals surface area contributed by atoms with Gasteiger partial charge in [0.05, 0.1) is 17.3 Å². The summed E-state index contributed by atoms with van der Waals surface area (Å²) in [6, 6.07) is 13.1. The molecule has 0 aromatic carbocycles. The van der Waals surface area contributed by atoms with E-state index in [0.29, 0.717) is 17.6 Å². The van der Waals surface area contributed by atoms with Crippen molar-refractivity contribution in [3.63, 3.8) is 0 Å². The maximum Gasteiger partial charge on any atom is 0.146 e. The summed E-state index contributed by atoms with van der Waals surface area (Å²) < 4.78 is 0. The number of fused-ring (bicyclic) bond motifs is 1. The van der Waals surface area contributed by atoms with Gasteiger partial charge in [-0.05, 0) is 37.1 Å². The summed E-state index contributed by atoms with van der Waals surface area (Å²) in [7, 11) is 0. The van der Waals surface area contributed by atoms with E-state index in [-0.39, 0.29) is 0 Å². The highest BCUT2D eigenvalue weighted by Gasteiger charge is 2.39. The lowest BCUT2D eigenvalue weighted by Gasteiger charge is -2.40. The second kappa shape index (κ2) is 5.98. The predicted octanol–water partition coefficient (Wildman–Crippen LogP) is 2.37. The van der Waals surface area contributed by atoms with Crippen LogP contribution in [0, 0.1) is 11.3 Å². The molecule has 0 amide bonds. The van der Waals surface area contributed by atoms with Gasteiger partial charge in [-0.3, -0.25) is 9.88 Å². The first-order valence-electron chi connectivity index (χ1n) is 8.13. The number of piperazine rings is 1. The minimum absolute atomic E-state index is 0.433. The van der Waals surface area contributed by atoms with Crippen molar-refractivity contribution in [2.75, 3.05) is 24.5 Å². The van der Waals surface area contributed by atoms with Crippen LogP contribution >= 0.6 is 0 Å². The molecule has 5 nitrogen and oxygen atoms in total. The fourth-order valence-electron chi connectivity index (χ4n) is 3.87. The molecule has 0 bridgehead atoms. The zero-order chi connectivity index (χ0) is 15.6. The maximum atomic E-state index is 9.29. The van der Waals surface area contributed by atoms with Crippen LogP contribution in [0.5, 0.6) is 0 Å². The molecule has 2 saturated heterocycles. The Morgan fingerprint density at radius 2 is 1.96 bits per heavy atom. The topological polar surface area (TPSA) is 56.1 Å². The molecule has 1 unspecified atom stereocenters. The highest BCUT2D eigenvalue weighted by molar-refractivity contribution is 5.54. The molecule has 2 atom stereocenters. The van der Waals surface area contributed by atoms with Crippen molar-refractivity contribution in [1.29, 1.82) is 5.26 Å². The van der Waals surface area contributed by atoms with Crippen LogP contribution in [0.15, 0.2) is 42.7 Å².